The van der Waals surface area contributed by atoms with Crippen LogP contribution in [0.5, 0.6) is 0 Å². The van der Waals surface area contributed by atoms with Gasteiger partial charge in [0.05, 0.1) is 5.69 Å². The van der Waals surface area contributed by atoms with E-state index in [9.17, 15) is 0 Å². The minimum atomic E-state index is 0.528. The average molecular weight is 310 g/mol. The fourth-order valence-electron chi connectivity index (χ4n) is 3.36. The number of hydrogen-bond donors (Lipinski definition) is 1. The number of aromatic nitrogens is 4. The van der Waals surface area contributed by atoms with E-state index in [1.807, 2.05) is 11.7 Å². The lowest BCUT2D eigenvalue weighted by Crippen LogP contribution is -2.09. The molecule has 20 heavy (non-hydrogen) atoms. The molecule has 0 radical (unpaired) electrons. The van der Waals surface area contributed by atoms with Crippen LogP contribution < -0.4 is 0 Å². The molecule has 1 aliphatic carbocycles. The smallest absolute Gasteiger partial charge is 0.179 e. The van der Waals surface area contributed by atoms with Gasteiger partial charge in [-0.2, -0.15) is 16.9 Å². The quantitative estimate of drug-likeness (QED) is 0.872. The molecular weight excluding hydrogens is 288 g/mol. The number of H-pyrrole nitrogens is 1. The van der Waals surface area contributed by atoms with Crippen molar-refractivity contribution in [1.29, 1.82) is 0 Å². The average Bonchev–Trinajstić information content (AvgIpc) is 3.07. The molecule has 0 saturated heterocycles. The normalized spacial score (nSPS) is 22.9. The maximum atomic E-state index is 5.57. The molecule has 2 heterocycles. The van der Waals surface area contributed by atoms with E-state index in [0.29, 0.717) is 6.04 Å². The van der Waals surface area contributed by atoms with Gasteiger partial charge >= 0.3 is 0 Å². The molecule has 2 unspecified atom stereocenters. The lowest BCUT2D eigenvalue weighted by atomic mass is 10.2. The Bertz CT molecular complexity index is 667. The summed E-state index contributed by atoms with van der Waals surface area (Å²) >= 11 is 7.66. The van der Waals surface area contributed by atoms with Crippen LogP contribution in [0.1, 0.15) is 44.8 Å². The van der Waals surface area contributed by atoms with Gasteiger partial charge in [-0.05, 0) is 43.7 Å². The molecule has 1 fully saturated rings. The molecule has 6 heteroatoms. The van der Waals surface area contributed by atoms with Gasteiger partial charge in [0, 0.05) is 18.3 Å². The third-order valence-corrected chi connectivity index (χ3v) is 5.76. The summed E-state index contributed by atoms with van der Waals surface area (Å²) in [5.41, 5.74) is 3.41. The van der Waals surface area contributed by atoms with E-state index < -0.39 is 0 Å². The zero-order valence-corrected chi connectivity index (χ0v) is 14.0. The Hall–Kier alpha value is -0.750. The topological polar surface area (TPSA) is 38.5 Å². The Morgan fingerprint density at radius 2 is 2.20 bits per heavy atom. The monoisotopic (exact) mass is 310 g/mol. The van der Waals surface area contributed by atoms with E-state index in [2.05, 4.69) is 40.3 Å². The standard InChI is InChI=1S/C14H22N4S2/c1-4-11-12-13(17(3)16-11)18(14(19)15-12)9-6-7-10(8-9)20-5-2/h9-10H,4-8H2,1-3H3,(H,15,19). The van der Waals surface area contributed by atoms with Gasteiger partial charge in [0.15, 0.2) is 10.4 Å². The van der Waals surface area contributed by atoms with Crippen LogP contribution in [0.25, 0.3) is 11.2 Å². The molecular formula is C14H22N4S2. The van der Waals surface area contributed by atoms with Crippen molar-refractivity contribution in [2.45, 2.75) is 50.8 Å². The minimum Gasteiger partial charge on any atom is -0.328 e. The maximum absolute atomic E-state index is 5.57. The van der Waals surface area contributed by atoms with Crippen molar-refractivity contribution < 1.29 is 0 Å². The molecule has 2 aromatic rings. The summed E-state index contributed by atoms with van der Waals surface area (Å²) in [4.78, 5) is 3.38. The number of thioether (sulfide) groups is 1. The van der Waals surface area contributed by atoms with Crippen molar-refractivity contribution in [3.8, 4) is 0 Å². The molecule has 1 aliphatic rings. The fraction of sp³-hybridized carbons (Fsp3) is 0.714. The maximum Gasteiger partial charge on any atom is 0.179 e. The molecule has 0 bridgehead atoms. The Morgan fingerprint density at radius 3 is 2.90 bits per heavy atom. The summed E-state index contributed by atoms with van der Waals surface area (Å²) < 4.78 is 5.16. The predicted molar refractivity (Wildman–Crippen MR) is 88.1 cm³/mol. The molecule has 1 N–H and O–H groups in total. The third kappa shape index (κ3) is 2.22. The summed E-state index contributed by atoms with van der Waals surface area (Å²) in [6.45, 7) is 4.38. The second-order valence-electron chi connectivity index (χ2n) is 5.47. The van der Waals surface area contributed by atoms with Crippen molar-refractivity contribution >= 4 is 35.1 Å². The summed E-state index contributed by atoms with van der Waals surface area (Å²) in [6.07, 6.45) is 4.69. The van der Waals surface area contributed by atoms with E-state index in [4.69, 9.17) is 12.2 Å². The number of rotatable bonds is 4. The second kappa shape index (κ2) is 5.56. The van der Waals surface area contributed by atoms with Gasteiger partial charge in [-0.15, -0.1) is 0 Å². The van der Waals surface area contributed by atoms with Crippen LogP contribution in [0, 0.1) is 4.77 Å². The highest BCUT2D eigenvalue weighted by Gasteiger charge is 2.29. The molecule has 1 saturated carbocycles. The molecule has 0 aliphatic heterocycles. The number of fused-ring (bicyclic) bond motifs is 1. The van der Waals surface area contributed by atoms with E-state index in [1.54, 1.807) is 0 Å². The molecule has 0 amide bonds. The number of nitrogens with zero attached hydrogens (tertiary/aromatic N) is 3. The van der Waals surface area contributed by atoms with Crippen LogP contribution in [0.3, 0.4) is 0 Å². The molecule has 110 valence electrons. The molecule has 3 rings (SSSR count). The first-order chi connectivity index (χ1) is 9.65. The van der Waals surface area contributed by atoms with Gasteiger partial charge < -0.3 is 4.98 Å². The highest BCUT2D eigenvalue weighted by Crippen LogP contribution is 2.38. The third-order valence-electron chi connectivity index (χ3n) is 4.23. The van der Waals surface area contributed by atoms with E-state index in [-0.39, 0.29) is 0 Å². The number of nitrogens with one attached hydrogen (secondary N) is 1. The van der Waals surface area contributed by atoms with Gasteiger partial charge in [0.25, 0.3) is 0 Å². The number of aromatic amines is 1. The molecule has 0 aromatic carbocycles. The van der Waals surface area contributed by atoms with Gasteiger partial charge in [0.1, 0.15) is 5.52 Å². The molecule has 2 atom stereocenters. The van der Waals surface area contributed by atoms with E-state index in [1.165, 1.54) is 30.7 Å². The number of imidazole rings is 1. The zero-order chi connectivity index (χ0) is 14.3. The van der Waals surface area contributed by atoms with Crippen molar-refractivity contribution in [2.24, 2.45) is 7.05 Å². The minimum absolute atomic E-state index is 0.528. The summed E-state index contributed by atoms with van der Waals surface area (Å²) in [5, 5.41) is 5.40. The van der Waals surface area contributed by atoms with Crippen LogP contribution in [0.2, 0.25) is 0 Å². The first-order valence-electron chi connectivity index (χ1n) is 7.43. The number of aryl methyl sites for hydroxylation is 2. The van der Waals surface area contributed by atoms with E-state index in [0.717, 1.165) is 27.7 Å². The Morgan fingerprint density at radius 1 is 1.40 bits per heavy atom. The summed E-state index contributed by atoms with van der Waals surface area (Å²) in [7, 11) is 2.02. The Kier molecular flexibility index (Phi) is 3.95. The van der Waals surface area contributed by atoms with Crippen molar-refractivity contribution in [1.82, 2.24) is 19.3 Å². The fourth-order valence-corrected chi connectivity index (χ4v) is 4.83. The van der Waals surface area contributed by atoms with Crippen molar-refractivity contribution in [3.05, 3.63) is 10.5 Å². The SMILES string of the molecule is CCSC1CCC(n2c(=S)[nH]c3c(CC)nn(C)c32)C1. The number of hydrogen-bond acceptors (Lipinski definition) is 3. The van der Waals surface area contributed by atoms with Crippen LogP contribution in [0.4, 0.5) is 0 Å². The highest BCUT2D eigenvalue weighted by atomic mass is 32.2. The molecule has 2 aromatic heterocycles. The first kappa shape index (κ1) is 14.2. The Balaban J connectivity index is 2.02. The predicted octanol–water partition coefficient (Wildman–Crippen LogP) is 3.84. The lowest BCUT2D eigenvalue weighted by molar-refractivity contribution is 0.515. The summed E-state index contributed by atoms with van der Waals surface area (Å²) in [5.74, 6) is 1.21. The Labute approximate surface area is 128 Å². The van der Waals surface area contributed by atoms with Crippen LogP contribution >= 0.6 is 24.0 Å². The van der Waals surface area contributed by atoms with Crippen LogP contribution in [-0.2, 0) is 13.5 Å². The van der Waals surface area contributed by atoms with Gasteiger partial charge in [-0.25, -0.2) is 0 Å². The van der Waals surface area contributed by atoms with Crippen molar-refractivity contribution in [3.63, 3.8) is 0 Å². The van der Waals surface area contributed by atoms with Crippen LogP contribution in [-0.4, -0.2) is 30.3 Å². The largest absolute Gasteiger partial charge is 0.328 e. The summed E-state index contributed by atoms with van der Waals surface area (Å²) in [6, 6.07) is 0.528. The first-order valence-corrected chi connectivity index (χ1v) is 8.89. The highest BCUT2D eigenvalue weighted by molar-refractivity contribution is 7.99. The molecule has 4 nitrogen and oxygen atoms in total. The van der Waals surface area contributed by atoms with E-state index >= 15 is 0 Å². The second-order valence-corrected chi connectivity index (χ2v) is 7.43. The van der Waals surface area contributed by atoms with Gasteiger partial charge in [0.2, 0.25) is 0 Å². The van der Waals surface area contributed by atoms with Gasteiger partial charge in [-0.1, -0.05) is 13.8 Å². The van der Waals surface area contributed by atoms with Crippen molar-refractivity contribution in [2.75, 3.05) is 5.75 Å². The lowest BCUT2D eigenvalue weighted by Gasteiger charge is -2.13. The van der Waals surface area contributed by atoms with Crippen LogP contribution in [0.15, 0.2) is 0 Å². The van der Waals surface area contributed by atoms with Gasteiger partial charge in [-0.3, -0.25) is 9.25 Å². The molecule has 0 spiro atoms. The zero-order valence-electron chi connectivity index (χ0n) is 12.3.